The first-order chi connectivity index (χ1) is 8.56. The van der Waals surface area contributed by atoms with Crippen LogP contribution in [0.3, 0.4) is 0 Å². The fraction of sp³-hybridized carbons (Fsp3) is 0.500. The molecule has 1 aromatic carbocycles. The van der Waals surface area contributed by atoms with Crippen LogP contribution < -0.4 is 15.8 Å². The average Bonchev–Trinajstić information content (AvgIpc) is 3.13. The number of carbonyl (C=O) groups excluding carboxylic acids is 1. The number of amides is 1. The Balaban J connectivity index is 1.89. The zero-order valence-corrected chi connectivity index (χ0v) is 10.8. The van der Waals surface area contributed by atoms with Crippen LogP contribution in [0.2, 0.25) is 0 Å². The quantitative estimate of drug-likeness (QED) is 0.834. The molecule has 1 aliphatic rings. The molecule has 0 radical (unpaired) electrons. The molecule has 0 heterocycles. The molecule has 4 heteroatoms. The predicted octanol–water partition coefficient (Wildman–Crippen LogP) is 1.75. The van der Waals surface area contributed by atoms with Crippen LogP contribution in [0.1, 0.15) is 38.3 Å². The first-order valence-electron chi connectivity index (χ1n) is 6.39. The number of hydrogen-bond acceptors (Lipinski definition) is 3. The van der Waals surface area contributed by atoms with Crippen molar-refractivity contribution in [3.63, 3.8) is 0 Å². The van der Waals surface area contributed by atoms with Crippen LogP contribution in [0.15, 0.2) is 24.3 Å². The number of rotatable bonds is 5. The summed E-state index contributed by atoms with van der Waals surface area (Å²) in [6.45, 7) is 3.69. The van der Waals surface area contributed by atoms with Crippen LogP contribution in [0.4, 0.5) is 0 Å². The smallest absolute Gasteiger partial charge is 0.260 e. The van der Waals surface area contributed by atoms with E-state index in [4.69, 9.17) is 10.5 Å². The monoisotopic (exact) mass is 248 g/mol. The lowest BCUT2D eigenvalue weighted by Gasteiger charge is -2.15. The molecular weight excluding hydrogens is 228 g/mol. The molecule has 1 aromatic rings. The van der Waals surface area contributed by atoms with Crippen molar-refractivity contribution < 1.29 is 9.53 Å². The molecule has 18 heavy (non-hydrogen) atoms. The SMILES string of the molecule is CC(Oc1ccc([C@@H](C)N)cc1)C(=O)NC1CC1. The van der Waals surface area contributed by atoms with Gasteiger partial charge in [0.1, 0.15) is 5.75 Å². The molecule has 1 saturated carbocycles. The van der Waals surface area contributed by atoms with Gasteiger partial charge in [0.25, 0.3) is 5.91 Å². The van der Waals surface area contributed by atoms with Crippen LogP contribution in [0, 0.1) is 0 Å². The second kappa shape index (κ2) is 5.40. The summed E-state index contributed by atoms with van der Waals surface area (Å²) in [5.74, 6) is 0.645. The third kappa shape index (κ3) is 3.47. The topological polar surface area (TPSA) is 64.3 Å². The van der Waals surface area contributed by atoms with Crippen molar-refractivity contribution in [2.75, 3.05) is 0 Å². The van der Waals surface area contributed by atoms with E-state index in [1.807, 2.05) is 31.2 Å². The van der Waals surface area contributed by atoms with Gasteiger partial charge in [0.05, 0.1) is 0 Å². The van der Waals surface area contributed by atoms with Crippen molar-refractivity contribution in [3.8, 4) is 5.75 Å². The Hall–Kier alpha value is -1.55. The second-order valence-electron chi connectivity index (χ2n) is 4.90. The molecule has 1 aliphatic carbocycles. The maximum absolute atomic E-state index is 11.7. The lowest BCUT2D eigenvalue weighted by molar-refractivity contribution is -0.127. The van der Waals surface area contributed by atoms with Gasteiger partial charge < -0.3 is 15.8 Å². The zero-order chi connectivity index (χ0) is 13.1. The number of nitrogens with one attached hydrogen (secondary N) is 1. The summed E-state index contributed by atoms with van der Waals surface area (Å²) in [4.78, 5) is 11.7. The molecule has 0 spiro atoms. The largest absolute Gasteiger partial charge is 0.481 e. The van der Waals surface area contributed by atoms with Gasteiger partial charge in [-0.15, -0.1) is 0 Å². The van der Waals surface area contributed by atoms with E-state index in [9.17, 15) is 4.79 Å². The van der Waals surface area contributed by atoms with Gasteiger partial charge in [0, 0.05) is 12.1 Å². The highest BCUT2D eigenvalue weighted by atomic mass is 16.5. The van der Waals surface area contributed by atoms with Crippen molar-refractivity contribution in [1.82, 2.24) is 5.32 Å². The molecule has 0 bridgehead atoms. The van der Waals surface area contributed by atoms with Gasteiger partial charge in [-0.25, -0.2) is 0 Å². The van der Waals surface area contributed by atoms with E-state index in [2.05, 4.69) is 5.32 Å². The van der Waals surface area contributed by atoms with E-state index in [0.717, 1.165) is 18.4 Å². The van der Waals surface area contributed by atoms with E-state index in [1.54, 1.807) is 6.92 Å². The fourth-order valence-corrected chi connectivity index (χ4v) is 1.65. The molecule has 0 aromatic heterocycles. The zero-order valence-electron chi connectivity index (χ0n) is 10.8. The third-order valence-corrected chi connectivity index (χ3v) is 3.01. The maximum Gasteiger partial charge on any atom is 0.260 e. The lowest BCUT2D eigenvalue weighted by Crippen LogP contribution is -2.37. The Labute approximate surface area is 108 Å². The van der Waals surface area contributed by atoms with E-state index in [0.29, 0.717) is 11.8 Å². The maximum atomic E-state index is 11.7. The third-order valence-electron chi connectivity index (χ3n) is 3.01. The Bertz CT molecular complexity index is 410. The fourth-order valence-electron chi connectivity index (χ4n) is 1.65. The number of benzene rings is 1. The predicted molar refractivity (Wildman–Crippen MR) is 70.3 cm³/mol. The molecule has 1 unspecified atom stereocenters. The Kier molecular flexibility index (Phi) is 3.87. The molecule has 2 rings (SSSR count). The molecule has 4 nitrogen and oxygen atoms in total. The van der Waals surface area contributed by atoms with E-state index in [1.165, 1.54) is 0 Å². The van der Waals surface area contributed by atoms with Gasteiger partial charge in [-0.2, -0.15) is 0 Å². The summed E-state index contributed by atoms with van der Waals surface area (Å²) < 4.78 is 5.59. The van der Waals surface area contributed by atoms with Crippen LogP contribution in [-0.2, 0) is 4.79 Å². The summed E-state index contributed by atoms with van der Waals surface area (Å²) in [6.07, 6.45) is 1.70. The summed E-state index contributed by atoms with van der Waals surface area (Å²) in [5, 5.41) is 2.92. The van der Waals surface area contributed by atoms with Gasteiger partial charge in [-0.1, -0.05) is 12.1 Å². The highest BCUT2D eigenvalue weighted by molar-refractivity contribution is 5.81. The molecule has 1 fully saturated rings. The summed E-state index contributed by atoms with van der Waals surface area (Å²) in [5.41, 5.74) is 6.82. The number of carbonyl (C=O) groups is 1. The molecule has 98 valence electrons. The second-order valence-corrected chi connectivity index (χ2v) is 4.90. The van der Waals surface area contributed by atoms with Crippen molar-refractivity contribution >= 4 is 5.91 Å². The van der Waals surface area contributed by atoms with Gasteiger partial charge in [0.2, 0.25) is 0 Å². The van der Waals surface area contributed by atoms with Crippen molar-refractivity contribution in [2.45, 2.75) is 44.9 Å². The summed E-state index contributed by atoms with van der Waals surface area (Å²) >= 11 is 0. The number of hydrogen-bond donors (Lipinski definition) is 2. The van der Waals surface area contributed by atoms with E-state index in [-0.39, 0.29) is 11.9 Å². The molecule has 0 saturated heterocycles. The summed E-state index contributed by atoms with van der Waals surface area (Å²) in [6, 6.07) is 7.91. The van der Waals surface area contributed by atoms with E-state index < -0.39 is 6.10 Å². The Morgan fingerprint density at radius 2 is 1.94 bits per heavy atom. The minimum atomic E-state index is -0.466. The first kappa shape index (κ1) is 12.9. The Morgan fingerprint density at radius 3 is 2.44 bits per heavy atom. The summed E-state index contributed by atoms with van der Waals surface area (Å²) in [7, 11) is 0. The van der Waals surface area contributed by atoms with Crippen LogP contribution >= 0.6 is 0 Å². The van der Waals surface area contributed by atoms with Crippen molar-refractivity contribution in [3.05, 3.63) is 29.8 Å². The van der Waals surface area contributed by atoms with Crippen LogP contribution in [-0.4, -0.2) is 18.1 Å². The first-order valence-corrected chi connectivity index (χ1v) is 6.39. The normalized spacial score (nSPS) is 17.9. The molecule has 3 N–H and O–H groups in total. The Morgan fingerprint density at radius 1 is 1.33 bits per heavy atom. The van der Waals surface area contributed by atoms with Gasteiger partial charge >= 0.3 is 0 Å². The molecule has 1 amide bonds. The highest BCUT2D eigenvalue weighted by Gasteiger charge is 2.26. The van der Waals surface area contributed by atoms with Gasteiger partial charge in [0.15, 0.2) is 6.10 Å². The van der Waals surface area contributed by atoms with E-state index >= 15 is 0 Å². The average molecular weight is 248 g/mol. The minimum absolute atomic E-state index is 0.00892. The van der Waals surface area contributed by atoms with Crippen molar-refractivity contribution in [2.24, 2.45) is 5.73 Å². The van der Waals surface area contributed by atoms with Crippen LogP contribution in [0.25, 0.3) is 0 Å². The van der Waals surface area contributed by atoms with Gasteiger partial charge in [-0.05, 0) is 44.4 Å². The minimum Gasteiger partial charge on any atom is -0.481 e. The van der Waals surface area contributed by atoms with Gasteiger partial charge in [-0.3, -0.25) is 4.79 Å². The number of nitrogens with two attached hydrogens (primary N) is 1. The van der Waals surface area contributed by atoms with Crippen LogP contribution in [0.5, 0.6) is 5.75 Å². The highest BCUT2D eigenvalue weighted by Crippen LogP contribution is 2.20. The molecule has 2 atom stereocenters. The lowest BCUT2D eigenvalue weighted by atomic mass is 10.1. The molecule has 0 aliphatic heterocycles. The molecular formula is C14H20N2O2. The van der Waals surface area contributed by atoms with Crippen molar-refractivity contribution in [1.29, 1.82) is 0 Å². The number of ether oxygens (including phenoxy) is 1. The standard InChI is InChI=1S/C14H20N2O2/c1-9(15)11-3-7-13(8-4-11)18-10(2)14(17)16-12-5-6-12/h3-4,7-10,12H,5-6,15H2,1-2H3,(H,16,17)/t9-,10?/m1/s1.